The number of carbonyl (C=O) groups excluding carboxylic acids is 1. The normalized spacial score (nSPS) is 27.2. The van der Waals surface area contributed by atoms with Crippen molar-refractivity contribution in [3.63, 3.8) is 0 Å². The van der Waals surface area contributed by atoms with E-state index in [2.05, 4.69) is 10.1 Å². The van der Waals surface area contributed by atoms with Crippen LogP contribution in [-0.4, -0.2) is 53.6 Å². The molecule has 1 saturated carbocycles. The fourth-order valence-corrected chi connectivity index (χ4v) is 3.55. The Morgan fingerprint density at radius 3 is 2.81 bits per heavy atom. The van der Waals surface area contributed by atoms with Crippen molar-refractivity contribution >= 4 is 5.91 Å². The van der Waals surface area contributed by atoms with Gasteiger partial charge in [-0.05, 0) is 25.3 Å². The molecule has 2 fully saturated rings. The van der Waals surface area contributed by atoms with E-state index >= 15 is 0 Å². The maximum absolute atomic E-state index is 12.6. The van der Waals surface area contributed by atoms with E-state index in [4.69, 9.17) is 10.3 Å². The highest BCUT2D eigenvalue weighted by Gasteiger charge is 2.35. The van der Waals surface area contributed by atoms with Crippen LogP contribution in [0.2, 0.25) is 0 Å². The second kappa shape index (κ2) is 6.58. The lowest BCUT2D eigenvalue weighted by atomic mass is 9.94. The van der Waals surface area contributed by atoms with Gasteiger partial charge in [-0.1, -0.05) is 11.6 Å². The third-order valence-corrected chi connectivity index (χ3v) is 4.84. The molecule has 3 rings (SSSR count). The standard InChI is InChI=1S/C15H24N4O2/c16-10-12-2-1-3-14(12)15(20)19-7-5-18(6-8-19)11-13-4-9-21-17-13/h4,9,12,14H,1-3,5-8,10-11,16H2/t12-,14-/m1/s1. The average molecular weight is 292 g/mol. The van der Waals surface area contributed by atoms with E-state index in [9.17, 15) is 4.79 Å². The number of rotatable bonds is 4. The minimum Gasteiger partial charge on any atom is -0.364 e. The third kappa shape index (κ3) is 3.27. The van der Waals surface area contributed by atoms with Gasteiger partial charge in [0.25, 0.3) is 0 Å². The molecule has 21 heavy (non-hydrogen) atoms. The predicted octanol–water partition coefficient (Wildman–Crippen LogP) is 0.694. The maximum Gasteiger partial charge on any atom is 0.226 e. The van der Waals surface area contributed by atoms with Crippen LogP contribution in [0.25, 0.3) is 0 Å². The third-order valence-electron chi connectivity index (χ3n) is 4.84. The van der Waals surface area contributed by atoms with Gasteiger partial charge >= 0.3 is 0 Å². The molecule has 6 nitrogen and oxygen atoms in total. The summed E-state index contributed by atoms with van der Waals surface area (Å²) < 4.78 is 4.85. The fraction of sp³-hybridized carbons (Fsp3) is 0.733. The highest BCUT2D eigenvalue weighted by molar-refractivity contribution is 5.79. The molecule has 2 N–H and O–H groups in total. The van der Waals surface area contributed by atoms with Gasteiger partial charge in [0.2, 0.25) is 5.91 Å². The highest BCUT2D eigenvalue weighted by atomic mass is 16.5. The van der Waals surface area contributed by atoms with Gasteiger partial charge in [0.05, 0.1) is 5.69 Å². The lowest BCUT2D eigenvalue weighted by molar-refractivity contribution is -0.138. The molecule has 1 saturated heterocycles. The number of nitrogens with two attached hydrogens (primary N) is 1. The van der Waals surface area contributed by atoms with Crippen molar-refractivity contribution in [3.8, 4) is 0 Å². The molecule has 1 aromatic heterocycles. The smallest absolute Gasteiger partial charge is 0.226 e. The first-order valence-electron chi connectivity index (χ1n) is 7.88. The number of hydrogen-bond donors (Lipinski definition) is 1. The van der Waals surface area contributed by atoms with Crippen LogP contribution in [0.1, 0.15) is 25.0 Å². The minimum atomic E-state index is 0.164. The topological polar surface area (TPSA) is 75.6 Å². The Kier molecular flexibility index (Phi) is 4.55. The van der Waals surface area contributed by atoms with E-state index in [1.165, 1.54) is 0 Å². The molecule has 1 aliphatic heterocycles. The largest absolute Gasteiger partial charge is 0.364 e. The minimum absolute atomic E-state index is 0.164. The van der Waals surface area contributed by atoms with Gasteiger partial charge in [0.1, 0.15) is 6.26 Å². The van der Waals surface area contributed by atoms with Crippen LogP contribution < -0.4 is 5.73 Å². The number of nitrogens with zero attached hydrogens (tertiary/aromatic N) is 3. The van der Waals surface area contributed by atoms with Crippen molar-refractivity contribution in [1.82, 2.24) is 15.0 Å². The van der Waals surface area contributed by atoms with Gasteiger partial charge in [-0.3, -0.25) is 9.69 Å². The molecule has 1 aliphatic carbocycles. The number of amides is 1. The SMILES string of the molecule is NC[C@H]1CCC[C@H]1C(=O)N1CCN(Cc2ccon2)CC1. The molecule has 2 aliphatic rings. The molecule has 0 unspecified atom stereocenters. The van der Waals surface area contributed by atoms with Gasteiger partial charge in [-0.25, -0.2) is 0 Å². The number of piperazine rings is 1. The molecule has 6 heteroatoms. The summed E-state index contributed by atoms with van der Waals surface area (Å²) in [5, 5.41) is 3.94. The summed E-state index contributed by atoms with van der Waals surface area (Å²) in [6, 6.07) is 1.89. The Labute approximate surface area is 125 Å². The zero-order valence-electron chi connectivity index (χ0n) is 12.4. The summed E-state index contributed by atoms with van der Waals surface area (Å²) in [6.45, 7) is 4.86. The van der Waals surface area contributed by atoms with Crippen molar-refractivity contribution in [1.29, 1.82) is 0 Å². The van der Waals surface area contributed by atoms with Crippen molar-refractivity contribution in [2.24, 2.45) is 17.6 Å². The Bertz CT molecular complexity index is 454. The summed E-state index contributed by atoms with van der Waals surface area (Å²) >= 11 is 0. The number of hydrogen-bond acceptors (Lipinski definition) is 5. The quantitative estimate of drug-likeness (QED) is 0.884. The fourth-order valence-electron chi connectivity index (χ4n) is 3.55. The van der Waals surface area contributed by atoms with E-state index in [1.54, 1.807) is 6.26 Å². The van der Waals surface area contributed by atoms with Gasteiger partial charge in [0, 0.05) is 44.7 Å². The Hall–Kier alpha value is -1.40. The van der Waals surface area contributed by atoms with Crippen LogP contribution in [0.4, 0.5) is 0 Å². The first kappa shape index (κ1) is 14.5. The summed E-state index contributed by atoms with van der Waals surface area (Å²) in [5.41, 5.74) is 6.75. The van der Waals surface area contributed by atoms with Crippen LogP contribution in [0, 0.1) is 11.8 Å². The van der Waals surface area contributed by atoms with Crippen LogP contribution in [0.5, 0.6) is 0 Å². The summed E-state index contributed by atoms with van der Waals surface area (Å²) in [6.07, 6.45) is 4.87. The predicted molar refractivity (Wildman–Crippen MR) is 78.2 cm³/mol. The summed E-state index contributed by atoms with van der Waals surface area (Å²) in [5.74, 6) is 0.881. The first-order valence-corrected chi connectivity index (χ1v) is 7.88. The van der Waals surface area contributed by atoms with Crippen LogP contribution >= 0.6 is 0 Å². The van der Waals surface area contributed by atoms with Crippen molar-refractivity contribution in [2.75, 3.05) is 32.7 Å². The highest BCUT2D eigenvalue weighted by Crippen LogP contribution is 2.32. The monoisotopic (exact) mass is 292 g/mol. The Balaban J connectivity index is 1.50. The van der Waals surface area contributed by atoms with Crippen molar-refractivity contribution in [2.45, 2.75) is 25.8 Å². The molecule has 2 heterocycles. The average Bonchev–Trinajstić information content (AvgIpc) is 3.18. The lowest BCUT2D eigenvalue weighted by Gasteiger charge is -2.36. The summed E-state index contributed by atoms with van der Waals surface area (Å²) in [7, 11) is 0. The molecule has 1 amide bonds. The maximum atomic E-state index is 12.6. The number of carbonyl (C=O) groups is 1. The molecule has 0 radical (unpaired) electrons. The van der Waals surface area contributed by atoms with Crippen molar-refractivity contribution in [3.05, 3.63) is 18.0 Å². The molecule has 0 spiro atoms. The van der Waals surface area contributed by atoms with Gasteiger partial charge in [0.15, 0.2) is 0 Å². The first-order chi connectivity index (χ1) is 10.3. The van der Waals surface area contributed by atoms with Crippen LogP contribution in [0.15, 0.2) is 16.9 Å². The van der Waals surface area contributed by atoms with E-state index in [1.807, 2.05) is 11.0 Å². The molecule has 0 bridgehead atoms. The van der Waals surface area contributed by atoms with E-state index in [0.717, 1.165) is 57.7 Å². The molecule has 0 aromatic carbocycles. The Morgan fingerprint density at radius 2 is 2.14 bits per heavy atom. The van der Waals surface area contributed by atoms with E-state index in [0.29, 0.717) is 18.4 Å². The van der Waals surface area contributed by atoms with Gasteiger partial charge in [-0.2, -0.15) is 0 Å². The van der Waals surface area contributed by atoms with Crippen LogP contribution in [0.3, 0.4) is 0 Å². The molecule has 1 aromatic rings. The molecule has 116 valence electrons. The Morgan fingerprint density at radius 1 is 1.33 bits per heavy atom. The second-order valence-corrected chi connectivity index (χ2v) is 6.13. The number of aromatic nitrogens is 1. The zero-order chi connectivity index (χ0) is 14.7. The molecular weight excluding hydrogens is 268 g/mol. The van der Waals surface area contributed by atoms with Gasteiger partial charge in [-0.15, -0.1) is 0 Å². The zero-order valence-corrected chi connectivity index (χ0v) is 12.4. The molecular formula is C15H24N4O2. The van der Waals surface area contributed by atoms with E-state index in [-0.39, 0.29) is 5.92 Å². The van der Waals surface area contributed by atoms with Gasteiger partial charge < -0.3 is 15.2 Å². The van der Waals surface area contributed by atoms with Crippen LogP contribution in [-0.2, 0) is 11.3 Å². The lowest BCUT2D eigenvalue weighted by Crippen LogP contribution is -2.50. The summed E-state index contributed by atoms with van der Waals surface area (Å²) in [4.78, 5) is 17.0. The second-order valence-electron chi connectivity index (χ2n) is 6.13. The molecule has 2 atom stereocenters. The van der Waals surface area contributed by atoms with Crippen molar-refractivity contribution < 1.29 is 9.32 Å². The van der Waals surface area contributed by atoms with E-state index < -0.39 is 0 Å².